The van der Waals surface area contributed by atoms with E-state index in [4.69, 9.17) is 4.74 Å². The predicted molar refractivity (Wildman–Crippen MR) is 140 cm³/mol. The number of nitrogens with zero attached hydrogens (tertiary/aromatic N) is 1. The van der Waals surface area contributed by atoms with Gasteiger partial charge in [0.1, 0.15) is 5.82 Å². The van der Waals surface area contributed by atoms with Gasteiger partial charge >= 0.3 is 0 Å². The van der Waals surface area contributed by atoms with Gasteiger partial charge in [-0.2, -0.15) is 0 Å². The highest BCUT2D eigenvalue weighted by Gasteiger charge is 2.28. The first-order chi connectivity index (χ1) is 17.5. The lowest BCUT2D eigenvalue weighted by molar-refractivity contribution is -0.122. The lowest BCUT2D eigenvalue weighted by Crippen LogP contribution is -2.39. The van der Waals surface area contributed by atoms with Gasteiger partial charge in [-0.3, -0.25) is 9.59 Å². The fourth-order valence-corrected chi connectivity index (χ4v) is 6.52. The van der Waals surface area contributed by atoms with Gasteiger partial charge in [0.15, 0.2) is 5.78 Å². The maximum absolute atomic E-state index is 13.1. The molecule has 2 aliphatic carbocycles. The van der Waals surface area contributed by atoms with Crippen LogP contribution in [0.15, 0.2) is 24.3 Å². The van der Waals surface area contributed by atoms with Crippen LogP contribution in [0, 0.1) is 23.6 Å². The first-order valence-electron chi connectivity index (χ1n) is 14.3. The smallest absolute Gasteiger partial charge is 0.220 e. The summed E-state index contributed by atoms with van der Waals surface area (Å²) in [4.78, 5) is 27.7. The summed E-state index contributed by atoms with van der Waals surface area (Å²) < 4.78 is 18.6. The van der Waals surface area contributed by atoms with Crippen LogP contribution in [0.2, 0.25) is 0 Å². The van der Waals surface area contributed by atoms with Gasteiger partial charge in [0.05, 0.1) is 6.10 Å². The van der Waals surface area contributed by atoms with Crippen LogP contribution in [-0.2, 0) is 9.53 Å². The molecule has 3 fully saturated rings. The molecule has 0 atom stereocenters. The molecule has 5 nitrogen and oxygen atoms in total. The summed E-state index contributed by atoms with van der Waals surface area (Å²) in [5, 5.41) is 3.31. The molecule has 1 saturated heterocycles. The predicted octanol–water partition coefficient (Wildman–Crippen LogP) is 5.77. The highest BCUT2D eigenvalue weighted by atomic mass is 19.1. The number of rotatable bonds is 10. The number of hydrogen-bond acceptors (Lipinski definition) is 4. The van der Waals surface area contributed by atoms with Crippen molar-refractivity contribution in [2.75, 3.05) is 26.7 Å². The minimum atomic E-state index is -0.297. The lowest BCUT2D eigenvalue weighted by Gasteiger charge is -2.34. The number of carbonyl (C=O) groups is 2. The Balaban J connectivity index is 1.06. The van der Waals surface area contributed by atoms with Crippen LogP contribution in [0.4, 0.5) is 4.39 Å². The highest BCUT2D eigenvalue weighted by Crippen LogP contribution is 2.30. The molecule has 3 aliphatic rings. The van der Waals surface area contributed by atoms with E-state index in [1.807, 2.05) is 0 Å². The van der Waals surface area contributed by atoms with Gasteiger partial charge in [0, 0.05) is 31.1 Å². The van der Waals surface area contributed by atoms with Crippen LogP contribution in [0.25, 0.3) is 0 Å². The third-order valence-electron chi connectivity index (χ3n) is 9.06. The molecule has 0 aromatic heterocycles. The molecule has 0 bridgehead atoms. The van der Waals surface area contributed by atoms with Crippen LogP contribution < -0.4 is 5.32 Å². The standard InChI is InChI=1S/C30H45FN2O3/c1-36-28-13-4-22(5-14-28)6-15-29(34)32-27-11-2-23(3-12-27)16-19-33-20-17-25(18-21-33)30(35)24-7-9-26(31)10-8-24/h7-10,22-23,25,27-28H,2-6,11-21H2,1H3,(H,32,34)/t22-,23?,27?,28-. The lowest BCUT2D eigenvalue weighted by atomic mass is 9.83. The molecule has 0 spiro atoms. The normalized spacial score (nSPS) is 28.1. The molecular weight excluding hydrogens is 455 g/mol. The van der Waals surface area contributed by atoms with Gasteiger partial charge in [-0.25, -0.2) is 4.39 Å². The van der Waals surface area contributed by atoms with Crippen LogP contribution >= 0.6 is 0 Å². The van der Waals surface area contributed by atoms with Crippen LogP contribution in [0.3, 0.4) is 0 Å². The summed E-state index contributed by atoms with van der Waals surface area (Å²) >= 11 is 0. The van der Waals surface area contributed by atoms with E-state index >= 15 is 0 Å². The van der Waals surface area contributed by atoms with E-state index in [2.05, 4.69) is 10.2 Å². The van der Waals surface area contributed by atoms with Crippen LogP contribution in [-0.4, -0.2) is 55.5 Å². The zero-order chi connectivity index (χ0) is 25.3. The number of methoxy groups -OCH3 is 1. The molecular formula is C30H45FN2O3. The van der Waals surface area contributed by atoms with Gasteiger partial charge in [-0.1, -0.05) is 0 Å². The van der Waals surface area contributed by atoms with Gasteiger partial charge in [0.25, 0.3) is 0 Å². The average Bonchev–Trinajstić information content (AvgIpc) is 2.92. The molecule has 36 heavy (non-hydrogen) atoms. The van der Waals surface area contributed by atoms with Gasteiger partial charge in [-0.15, -0.1) is 0 Å². The third-order valence-corrected chi connectivity index (χ3v) is 9.06. The quantitative estimate of drug-likeness (QED) is 0.414. The monoisotopic (exact) mass is 500 g/mol. The van der Waals surface area contributed by atoms with E-state index in [9.17, 15) is 14.0 Å². The first kappa shape index (κ1) is 27.3. The SMILES string of the molecule is CO[C@H]1CC[C@H](CCC(=O)NC2CCC(CCN3CCC(C(=O)c4ccc(F)cc4)CC3)CC2)CC1. The van der Waals surface area contributed by atoms with E-state index in [-0.39, 0.29) is 23.4 Å². The van der Waals surface area contributed by atoms with E-state index in [1.54, 1.807) is 19.2 Å². The van der Waals surface area contributed by atoms with Crippen LogP contribution in [0.5, 0.6) is 0 Å². The van der Waals surface area contributed by atoms with Crippen molar-refractivity contribution in [3.63, 3.8) is 0 Å². The van der Waals surface area contributed by atoms with Gasteiger partial charge in [0.2, 0.25) is 5.91 Å². The zero-order valence-electron chi connectivity index (χ0n) is 22.1. The van der Waals surface area contributed by atoms with Crippen molar-refractivity contribution in [2.24, 2.45) is 17.8 Å². The third kappa shape index (κ3) is 8.11. The Morgan fingerprint density at radius 1 is 0.889 bits per heavy atom. The molecule has 1 N–H and O–H groups in total. The maximum Gasteiger partial charge on any atom is 0.220 e. The van der Waals surface area contributed by atoms with Crippen molar-refractivity contribution in [2.45, 2.75) is 95.6 Å². The molecule has 1 aromatic carbocycles. The van der Waals surface area contributed by atoms with E-state index in [0.29, 0.717) is 30.0 Å². The number of halogens is 1. The fourth-order valence-electron chi connectivity index (χ4n) is 6.52. The van der Waals surface area contributed by atoms with Crippen molar-refractivity contribution in [1.82, 2.24) is 10.2 Å². The van der Waals surface area contributed by atoms with E-state index < -0.39 is 0 Å². The van der Waals surface area contributed by atoms with Crippen molar-refractivity contribution in [3.05, 3.63) is 35.6 Å². The summed E-state index contributed by atoms with van der Waals surface area (Å²) in [7, 11) is 1.80. The number of ketones is 1. The number of nitrogens with one attached hydrogen (secondary N) is 1. The Morgan fingerprint density at radius 3 is 2.14 bits per heavy atom. The number of amides is 1. The molecule has 6 heteroatoms. The number of benzene rings is 1. The second kappa shape index (κ2) is 13.7. The van der Waals surface area contributed by atoms with E-state index in [0.717, 1.165) is 70.5 Å². The van der Waals surface area contributed by atoms with Gasteiger partial charge in [-0.05, 0) is 133 Å². The summed E-state index contributed by atoms with van der Waals surface area (Å²) in [6, 6.07) is 6.31. The summed E-state index contributed by atoms with van der Waals surface area (Å²) in [6.07, 6.45) is 14.4. The van der Waals surface area contributed by atoms with Crippen molar-refractivity contribution < 1.29 is 18.7 Å². The van der Waals surface area contributed by atoms with Crippen LogP contribution in [0.1, 0.15) is 93.8 Å². The molecule has 2 saturated carbocycles. The molecule has 1 aromatic rings. The summed E-state index contributed by atoms with van der Waals surface area (Å²) in [5.74, 6) is 1.59. The molecule has 0 radical (unpaired) electrons. The molecule has 4 rings (SSSR count). The Kier molecular flexibility index (Phi) is 10.3. The molecule has 0 unspecified atom stereocenters. The van der Waals surface area contributed by atoms with Crippen molar-refractivity contribution in [3.8, 4) is 0 Å². The second-order valence-corrected chi connectivity index (χ2v) is 11.5. The zero-order valence-corrected chi connectivity index (χ0v) is 22.1. The number of piperidine rings is 1. The number of ether oxygens (including phenoxy) is 1. The topological polar surface area (TPSA) is 58.6 Å². The first-order valence-corrected chi connectivity index (χ1v) is 14.3. The van der Waals surface area contributed by atoms with Crippen molar-refractivity contribution in [1.29, 1.82) is 0 Å². The highest BCUT2D eigenvalue weighted by molar-refractivity contribution is 5.97. The number of hydrogen-bond donors (Lipinski definition) is 1. The molecule has 1 heterocycles. The second-order valence-electron chi connectivity index (χ2n) is 11.5. The minimum absolute atomic E-state index is 0.0612. The molecule has 1 amide bonds. The largest absolute Gasteiger partial charge is 0.381 e. The Hall–Kier alpha value is -1.79. The summed E-state index contributed by atoms with van der Waals surface area (Å²) in [5.41, 5.74) is 0.632. The number of Topliss-reactive ketones (excluding diaryl/α,β-unsaturated/α-hetero) is 1. The number of carbonyl (C=O) groups excluding carboxylic acids is 2. The fraction of sp³-hybridized carbons (Fsp3) is 0.733. The maximum atomic E-state index is 13.1. The average molecular weight is 501 g/mol. The summed E-state index contributed by atoms with van der Waals surface area (Å²) in [6.45, 7) is 3.04. The van der Waals surface area contributed by atoms with Crippen molar-refractivity contribution >= 4 is 11.7 Å². The Labute approximate surface area is 216 Å². The Morgan fingerprint density at radius 2 is 1.50 bits per heavy atom. The van der Waals surface area contributed by atoms with Gasteiger partial charge < -0.3 is 15.0 Å². The van der Waals surface area contributed by atoms with E-state index in [1.165, 1.54) is 44.2 Å². The molecule has 1 aliphatic heterocycles. The molecule has 200 valence electrons. The Bertz CT molecular complexity index is 821. The number of likely N-dealkylation sites (tertiary alicyclic amines) is 1. The minimum Gasteiger partial charge on any atom is -0.381 e.